The van der Waals surface area contributed by atoms with Crippen molar-refractivity contribution in [2.24, 2.45) is 0 Å². The van der Waals surface area contributed by atoms with Crippen LogP contribution >= 0.6 is 23.2 Å². The highest BCUT2D eigenvalue weighted by molar-refractivity contribution is 7.91. The van der Waals surface area contributed by atoms with E-state index in [1.165, 1.54) is 7.11 Å². The summed E-state index contributed by atoms with van der Waals surface area (Å²) in [6.07, 6.45) is 0.123. The zero-order valence-electron chi connectivity index (χ0n) is 10.4. The Morgan fingerprint density at radius 2 is 2.16 bits per heavy atom. The molecule has 1 saturated heterocycles. The summed E-state index contributed by atoms with van der Waals surface area (Å²) in [5, 5.41) is 0.499. The van der Waals surface area contributed by atoms with Gasteiger partial charge in [-0.1, -0.05) is 11.6 Å². The van der Waals surface area contributed by atoms with Gasteiger partial charge >= 0.3 is 0 Å². The van der Waals surface area contributed by atoms with Crippen LogP contribution < -0.4 is 9.47 Å². The number of benzene rings is 1. The molecule has 0 amide bonds. The van der Waals surface area contributed by atoms with Crippen molar-refractivity contribution in [2.75, 3.05) is 18.6 Å². The summed E-state index contributed by atoms with van der Waals surface area (Å²) in [5.41, 5.74) is 0.690. The van der Waals surface area contributed by atoms with Gasteiger partial charge in [-0.25, -0.2) is 8.42 Å². The molecule has 2 rings (SSSR count). The number of hydrogen-bond donors (Lipinski definition) is 0. The van der Waals surface area contributed by atoms with Gasteiger partial charge in [-0.3, -0.25) is 0 Å². The molecule has 1 unspecified atom stereocenters. The van der Waals surface area contributed by atoms with Crippen LogP contribution in [0.1, 0.15) is 12.0 Å². The average molecular weight is 325 g/mol. The highest BCUT2D eigenvalue weighted by Gasteiger charge is 2.30. The molecule has 1 atom stereocenters. The van der Waals surface area contributed by atoms with Gasteiger partial charge in [0.25, 0.3) is 0 Å². The lowest BCUT2D eigenvalue weighted by molar-refractivity contribution is 0.216. The first-order valence-electron chi connectivity index (χ1n) is 5.74. The molecule has 1 fully saturated rings. The first-order valence-corrected chi connectivity index (χ1v) is 8.48. The van der Waals surface area contributed by atoms with Gasteiger partial charge < -0.3 is 9.47 Å². The predicted molar refractivity (Wildman–Crippen MR) is 75.2 cm³/mol. The number of ether oxygens (including phenoxy) is 2. The first-order chi connectivity index (χ1) is 8.95. The summed E-state index contributed by atoms with van der Waals surface area (Å²) in [7, 11) is -1.49. The predicted octanol–water partition coefficient (Wildman–Crippen LogP) is 2.65. The summed E-state index contributed by atoms with van der Waals surface area (Å²) in [5.74, 6) is 1.34. The van der Waals surface area contributed by atoms with Gasteiger partial charge in [0.2, 0.25) is 0 Å². The van der Waals surface area contributed by atoms with Gasteiger partial charge in [0.15, 0.2) is 21.3 Å². The summed E-state index contributed by atoms with van der Waals surface area (Å²) < 4.78 is 33.8. The van der Waals surface area contributed by atoms with Crippen molar-refractivity contribution in [1.82, 2.24) is 0 Å². The van der Waals surface area contributed by atoms with Gasteiger partial charge in [-0.2, -0.15) is 0 Å². The number of alkyl halides is 1. The largest absolute Gasteiger partial charge is 0.493 e. The van der Waals surface area contributed by atoms with Gasteiger partial charge in [-0.05, 0) is 12.5 Å². The molecule has 1 aromatic carbocycles. The minimum atomic E-state index is -2.99. The van der Waals surface area contributed by atoms with E-state index in [-0.39, 0.29) is 23.5 Å². The number of halogens is 2. The van der Waals surface area contributed by atoms with Crippen LogP contribution in [0.5, 0.6) is 11.5 Å². The van der Waals surface area contributed by atoms with Crippen molar-refractivity contribution in [3.63, 3.8) is 0 Å². The standard InChI is InChI=1S/C12H14Cl2O4S/c1-17-11-5-9(14)4-8(6-13)12(11)18-10-2-3-19(15,16)7-10/h4-5,10H,2-3,6-7H2,1H3. The van der Waals surface area contributed by atoms with E-state index in [4.69, 9.17) is 32.7 Å². The molecule has 1 heterocycles. The third-order valence-electron chi connectivity index (χ3n) is 2.94. The molecule has 1 aliphatic heterocycles. The topological polar surface area (TPSA) is 52.6 Å². The maximum atomic E-state index is 11.4. The summed E-state index contributed by atoms with van der Waals surface area (Å²) in [4.78, 5) is 0. The minimum absolute atomic E-state index is 0.0283. The highest BCUT2D eigenvalue weighted by Crippen LogP contribution is 2.37. The van der Waals surface area contributed by atoms with Gasteiger partial charge in [0.1, 0.15) is 6.10 Å². The third kappa shape index (κ3) is 3.46. The monoisotopic (exact) mass is 324 g/mol. The van der Waals surface area contributed by atoms with Gasteiger partial charge in [0.05, 0.1) is 24.5 Å². The number of sulfone groups is 1. The molecule has 0 radical (unpaired) electrons. The van der Waals surface area contributed by atoms with Gasteiger partial charge in [-0.15, -0.1) is 11.6 Å². The minimum Gasteiger partial charge on any atom is -0.493 e. The van der Waals surface area contributed by atoms with E-state index in [0.29, 0.717) is 28.5 Å². The Balaban J connectivity index is 2.29. The van der Waals surface area contributed by atoms with Crippen LogP contribution in [0, 0.1) is 0 Å². The normalized spacial score (nSPS) is 21.3. The Hall–Kier alpha value is -0.650. The van der Waals surface area contributed by atoms with E-state index in [1.54, 1.807) is 12.1 Å². The Morgan fingerprint density at radius 1 is 1.42 bits per heavy atom. The van der Waals surface area contributed by atoms with Crippen LogP contribution in [0.4, 0.5) is 0 Å². The Kier molecular flexibility index (Phi) is 4.48. The molecule has 7 heteroatoms. The van der Waals surface area contributed by atoms with Crippen LogP contribution in [-0.4, -0.2) is 33.1 Å². The Labute approximate surface area is 122 Å². The van der Waals surface area contributed by atoms with E-state index < -0.39 is 9.84 Å². The van der Waals surface area contributed by atoms with Crippen LogP contribution in [0.2, 0.25) is 5.02 Å². The number of methoxy groups -OCH3 is 1. The Bertz CT molecular complexity index is 546. The van der Waals surface area contributed by atoms with Crippen LogP contribution in [0.3, 0.4) is 0 Å². The summed E-state index contributed by atoms with van der Waals surface area (Å²) >= 11 is 11.8. The van der Waals surface area contributed by atoms with Crippen molar-refractivity contribution in [3.05, 3.63) is 22.7 Å². The molecule has 106 valence electrons. The molecule has 0 aliphatic carbocycles. The summed E-state index contributed by atoms with van der Waals surface area (Å²) in [6.45, 7) is 0. The molecule has 19 heavy (non-hydrogen) atoms. The van der Waals surface area contributed by atoms with Crippen molar-refractivity contribution in [1.29, 1.82) is 0 Å². The number of rotatable bonds is 4. The molecule has 0 saturated carbocycles. The smallest absolute Gasteiger partial charge is 0.166 e. The molecule has 1 aliphatic rings. The third-order valence-corrected chi connectivity index (χ3v) is 5.18. The molecule has 4 nitrogen and oxygen atoms in total. The van der Waals surface area contributed by atoms with E-state index in [2.05, 4.69) is 0 Å². The van der Waals surface area contributed by atoms with E-state index >= 15 is 0 Å². The first kappa shape index (κ1) is 14.8. The van der Waals surface area contributed by atoms with E-state index in [9.17, 15) is 8.42 Å². The molecule has 0 aromatic heterocycles. The van der Waals surface area contributed by atoms with Crippen molar-refractivity contribution in [3.8, 4) is 11.5 Å². The maximum Gasteiger partial charge on any atom is 0.166 e. The second kappa shape index (κ2) is 5.77. The zero-order valence-corrected chi connectivity index (χ0v) is 12.7. The second-order valence-corrected chi connectivity index (χ2v) is 7.31. The molecular formula is C12H14Cl2O4S. The van der Waals surface area contributed by atoms with Crippen LogP contribution in [0.15, 0.2) is 12.1 Å². The fourth-order valence-corrected chi connectivity index (χ4v) is 4.05. The lowest BCUT2D eigenvalue weighted by atomic mass is 10.2. The SMILES string of the molecule is COc1cc(Cl)cc(CCl)c1OC1CCS(=O)(=O)C1. The maximum absolute atomic E-state index is 11.4. The lowest BCUT2D eigenvalue weighted by Crippen LogP contribution is -2.18. The lowest BCUT2D eigenvalue weighted by Gasteiger charge is -2.18. The Morgan fingerprint density at radius 3 is 2.68 bits per heavy atom. The average Bonchev–Trinajstić information content (AvgIpc) is 2.70. The van der Waals surface area contributed by atoms with Crippen molar-refractivity contribution >= 4 is 33.0 Å². The fraction of sp³-hybridized carbons (Fsp3) is 0.500. The summed E-state index contributed by atoms with van der Waals surface area (Å²) in [6, 6.07) is 3.31. The highest BCUT2D eigenvalue weighted by atomic mass is 35.5. The molecule has 0 spiro atoms. The zero-order chi connectivity index (χ0) is 14.0. The fourth-order valence-electron chi connectivity index (χ4n) is 2.03. The molecule has 0 N–H and O–H groups in total. The number of hydrogen-bond acceptors (Lipinski definition) is 4. The molecular weight excluding hydrogens is 311 g/mol. The molecule has 1 aromatic rings. The van der Waals surface area contributed by atoms with E-state index in [1.807, 2.05) is 0 Å². The van der Waals surface area contributed by atoms with Crippen molar-refractivity contribution < 1.29 is 17.9 Å². The van der Waals surface area contributed by atoms with Gasteiger partial charge in [0, 0.05) is 16.7 Å². The van der Waals surface area contributed by atoms with E-state index in [0.717, 1.165) is 0 Å². The van der Waals surface area contributed by atoms with Crippen LogP contribution in [-0.2, 0) is 15.7 Å². The second-order valence-electron chi connectivity index (χ2n) is 4.37. The van der Waals surface area contributed by atoms with Crippen LogP contribution in [0.25, 0.3) is 0 Å². The molecule has 0 bridgehead atoms. The quantitative estimate of drug-likeness (QED) is 0.799. The van der Waals surface area contributed by atoms with Crippen molar-refractivity contribution in [2.45, 2.75) is 18.4 Å².